The summed E-state index contributed by atoms with van der Waals surface area (Å²) in [7, 11) is 0. The van der Waals surface area contributed by atoms with E-state index in [1.807, 2.05) is 17.7 Å². The Bertz CT molecular complexity index is 378. The van der Waals surface area contributed by atoms with Gasteiger partial charge in [-0.1, -0.05) is 0 Å². The smallest absolute Gasteiger partial charge is 0.221 e. The molecule has 2 rings (SSSR count). The molecule has 0 saturated carbocycles. The van der Waals surface area contributed by atoms with Gasteiger partial charge >= 0.3 is 0 Å². The molecule has 19 heavy (non-hydrogen) atoms. The van der Waals surface area contributed by atoms with E-state index in [0.29, 0.717) is 19.0 Å². The van der Waals surface area contributed by atoms with E-state index in [-0.39, 0.29) is 30.7 Å². The van der Waals surface area contributed by atoms with Gasteiger partial charge in [-0.15, -0.1) is 24.8 Å². The van der Waals surface area contributed by atoms with Crippen LogP contribution in [0.5, 0.6) is 0 Å². The van der Waals surface area contributed by atoms with Gasteiger partial charge in [0, 0.05) is 37.9 Å². The fourth-order valence-corrected chi connectivity index (χ4v) is 2.18. The zero-order chi connectivity index (χ0) is 12.1. The monoisotopic (exact) mass is 308 g/mol. The summed E-state index contributed by atoms with van der Waals surface area (Å²) >= 11 is 0. The lowest BCUT2D eigenvalue weighted by molar-refractivity contribution is -0.121. The van der Waals surface area contributed by atoms with Gasteiger partial charge in [0.15, 0.2) is 0 Å². The lowest BCUT2D eigenvalue weighted by Gasteiger charge is -2.11. The normalized spacial score (nSPS) is 17.4. The quantitative estimate of drug-likeness (QED) is 0.862. The van der Waals surface area contributed by atoms with E-state index in [1.54, 1.807) is 6.20 Å². The molecule has 1 aromatic rings. The van der Waals surface area contributed by atoms with Crippen LogP contribution < -0.4 is 10.6 Å². The molecule has 0 spiro atoms. The molecule has 1 atom stereocenters. The van der Waals surface area contributed by atoms with Gasteiger partial charge in [-0.2, -0.15) is 0 Å². The van der Waals surface area contributed by atoms with Crippen LogP contribution in [0.15, 0.2) is 12.4 Å². The first-order valence-electron chi connectivity index (χ1n) is 6.23. The average Bonchev–Trinajstić information content (AvgIpc) is 2.91. The average molecular weight is 309 g/mol. The predicted molar refractivity (Wildman–Crippen MR) is 80.1 cm³/mol. The van der Waals surface area contributed by atoms with E-state index in [9.17, 15) is 4.79 Å². The number of hydrogen-bond acceptors (Lipinski definition) is 3. The molecule has 1 aliphatic heterocycles. The van der Waals surface area contributed by atoms with Gasteiger partial charge in [0.1, 0.15) is 5.82 Å². The first-order chi connectivity index (χ1) is 8.25. The third-order valence-corrected chi connectivity index (χ3v) is 3.19. The molecule has 0 aliphatic carbocycles. The molecule has 7 heteroatoms. The van der Waals surface area contributed by atoms with Crippen LogP contribution >= 0.6 is 24.8 Å². The van der Waals surface area contributed by atoms with Crippen LogP contribution in [0.25, 0.3) is 0 Å². The van der Waals surface area contributed by atoms with Crippen LogP contribution in [-0.2, 0) is 11.3 Å². The highest BCUT2D eigenvalue weighted by Gasteiger charge is 2.17. The topological polar surface area (TPSA) is 59.0 Å². The van der Waals surface area contributed by atoms with E-state index in [4.69, 9.17) is 0 Å². The highest BCUT2D eigenvalue weighted by Crippen LogP contribution is 2.07. The van der Waals surface area contributed by atoms with Gasteiger partial charge in [0.25, 0.3) is 0 Å². The van der Waals surface area contributed by atoms with Crippen molar-refractivity contribution in [3.8, 4) is 0 Å². The van der Waals surface area contributed by atoms with Crippen molar-refractivity contribution in [2.45, 2.75) is 38.8 Å². The van der Waals surface area contributed by atoms with Crippen molar-refractivity contribution in [1.82, 2.24) is 20.2 Å². The van der Waals surface area contributed by atoms with Crippen LogP contribution in [0.4, 0.5) is 0 Å². The molecule has 1 unspecified atom stereocenters. The molecule has 1 aromatic heterocycles. The maximum absolute atomic E-state index is 11.6. The van der Waals surface area contributed by atoms with Crippen LogP contribution in [0.2, 0.25) is 0 Å². The highest BCUT2D eigenvalue weighted by molar-refractivity contribution is 5.85. The summed E-state index contributed by atoms with van der Waals surface area (Å²) in [6.45, 7) is 4.47. The molecule has 0 bridgehead atoms. The summed E-state index contributed by atoms with van der Waals surface area (Å²) in [5.41, 5.74) is 0. The fourth-order valence-electron chi connectivity index (χ4n) is 2.18. The summed E-state index contributed by atoms with van der Waals surface area (Å²) in [6.07, 6.45) is 6.61. The van der Waals surface area contributed by atoms with Crippen molar-refractivity contribution in [1.29, 1.82) is 0 Å². The Balaban J connectivity index is 0.00000162. The molecule has 0 radical (unpaired) electrons. The van der Waals surface area contributed by atoms with Gasteiger partial charge in [-0.05, 0) is 26.3 Å². The molecule has 1 amide bonds. The van der Waals surface area contributed by atoms with Crippen molar-refractivity contribution in [2.75, 3.05) is 13.1 Å². The predicted octanol–water partition coefficient (Wildman–Crippen LogP) is 1.29. The van der Waals surface area contributed by atoms with Gasteiger partial charge < -0.3 is 15.2 Å². The minimum absolute atomic E-state index is 0. The summed E-state index contributed by atoms with van der Waals surface area (Å²) in [5, 5.41) is 6.27. The van der Waals surface area contributed by atoms with E-state index < -0.39 is 0 Å². The Morgan fingerprint density at radius 2 is 2.37 bits per heavy atom. The molecular formula is C12H22Cl2N4O. The second-order valence-corrected chi connectivity index (χ2v) is 4.52. The van der Waals surface area contributed by atoms with Gasteiger partial charge in [-0.25, -0.2) is 4.98 Å². The molecule has 1 saturated heterocycles. The number of halogens is 2. The van der Waals surface area contributed by atoms with Crippen molar-refractivity contribution in [3.63, 3.8) is 0 Å². The van der Waals surface area contributed by atoms with Gasteiger partial charge in [0.05, 0.1) is 0 Å². The van der Waals surface area contributed by atoms with Crippen LogP contribution in [0.1, 0.15) is 25.1 Å². The van der Waals surface area contributed by atoms with Crippen LogP contribution in [-0.4, -0.2) is 34.6 Å². The number of nitrogens with zero attached hydrogens (tertiary/aromatic N) is 2. The number of nitrogens with one attached hydrogen (secondary N) is 2. The maximum Gasteiger partial charge on any atom is 0.221 e. The summed E-state index contributed by atoms with van der Waals surface area (Å²) in [4.78, 5) is 15.8. The minimum Gasteiger partial charge on any atom is -0.354 e. The number of hydrogen-bond donors (Lipinski definition) is 2. The zero-order valence-electron chi connectivity index (χ0n) is 11.1. The summed E-state index contributed by atoms with van der Waals surface area (Å²) < 4.78 is 2.04. The number of amides is 1. The second-order valence-electron chi connectivity index (χ2n) is 4.52. The third-order valence-electron chi connectivity index (χ3n) is 3.19. The molecule has 2 N–H and O–H groups in total. The van der Waals surface area contributed by atoms with Crippen molar-refractivity contribution in [2.24, 2.45) is 0 Å². The number of carbonyl (C=O) groups excluding carboxylic acids is 1. The lowest BCUT2D eigenvalue weighted by Crippen LogP contribution is -2.33. The lowest BCUT2D eigenvalue weighted by atomic mass is 10.1. The van der Waals surface area contributed by atoms with Crippen LogP contribution in [0.3, 0.4) is 0 Å². The number of aromatic nitrogens is 2. The van der Waals surface area contributed by atoms with Gasteiger partial charge in [-0.3, -0.25) is 4.79 Å². The first-order valence-corrected chi connectivity index (χ1v) is 6.23. The number of carbonyl (C=O) groups is 1. The Morgan fingerprint density at radius 3 is 2.95 bits per heavy atom. The summed E-state index contributed by atoms with van der Waals surface area (Å²) in [6, 6.07) is 0.380. The zero-order valence-corrected chi connectivity index (χ0v) is 12.7. The first kappa shape index (κ1) is 18.2. The maximum atomic E-state index is 11.6. The molecule has 1 aliphatic rings. The van der Waals surface area contributed by atoms with Crippen LogP contribution in [0, 0.1) is 6.92 Å². The number of aryl methyl sites for hydroxylation is 1. The molecule has 5 nitrogen and oxygen atoms in total. The molecule has 110 valence electrons. The number of imidazole rings is 1. The standard InChI is InChI=1S/C12H20N4O.2ClH/c1-10-13-5-7-16(10)8-6-15-12(17)9-11-3-2-4-14-11;;/h5,7,11,14H,2-4,6,8-9H2,1H3,(H,15,17);2*1H. The Morgan fingerprint density at radius 1 is 1.58 bits per heavy atom. The Labute approximate surface area is 126 Å². The van der Waals surface area contributed by atoms with Crippen molar-refractivity contribution < 1.29 is 4.79 Å². The SMILES string of the molecule is Cc1nccn1CCNC(=O)CC1CCCN1.Cl.Cl. The summed E-state index contributed by atoms with van der Waals surface area (Å²) in [5.74, 6) is 1.12. The molecule has 1 fully saturated rings. The van der Waals surface area contributed by atoms with Crippen molar-refractivity contribution in [3.05, 3.63) is 18.2 Å². The third kappa shape index (κ3) is 5.80. The highest BCUT2D eigenvalue weighted by atomic mass is 35.5. The second kappa shape index (κ2) is 9.18. The van der Waals surface area contributed by atoms with E-state index in [2.05, 4.69) is 15.6 Å². The van der Waals surface area contributed by atoms with E-state index in [1.165, 1.54) is 6.42 Å². The molecular weight excluding hydrogens is 287 g/mol. The fraction of sp³-hybridized carbons (Fsp3) is 0.667. The largest absolute Gasteiger partial charge is 0.354 e. The minimum atomic E-state index is 0. The van der Waals surface area contributed by atoms with Gasteiger partial charge in [0.2, 0.25) is 5.91 Å². The van der Waals surface area contributed by atoms with Crippen molar-refractivity contribution >= 4 is 30.7 Å². The van der Waals surface area contributed by atoms with E-state index >= 15 is 0 Å². The Hall–Kier alpha value is -0.780. The molecule has 2 heterocycles. The molecule has 0 aromatic carbocycles. The number of rotatable bonds is 5. The van der Waals surface area contributed by atoms with E-state index in [0.717, 1.165) is 25.3 Å². The Kier molecular flexibility index (Phi) is 8.80.